The third-order valence-corrected chi connectivity index (χ3v) is 3.05. The molecule has 0 aliphatic rings. The van der Waals surface area contributed by atoms with Crippen LogP contribution in [0.2, 0.25) is 0 Å². The topological polar surface area (TPSA) is 52.6 Å². The fraction of sp³-hybridized carbons (Fsp3) is 0.533. The minimum atomic E-state index is -0.448. The summed E-state index contributed by atoms with van der Waals surface area (Å²) in [5, 5.41) is 11.6. The number of aliphatic hydroxyl groups is 1. The standard InChI is InChI=1S/C15H23FN2O2/c1-3-4-5-8-18(9-10-19)15(20)17-14-7-6-12(2)11-13(14)16/h6-7,11,19H,3-5,8-10H2,1-2H3,(H,17,20). The first-order valence-corrected chi connectivity index (χ1v) is 7.01. The SMILES string of the molecule is CCCCCN(CCO)C(=O)Nc1ccc(C)cc1F. The zero-order valence-corrected chi connectivity index (χ0v) is 12.2. The fourth-order valence-electron chi connectivity index (χ4n) is 1.90. The van der Waals surface area contributed by atoms with E-state index in [0.29, 0.717) is 6.54 Å². The van der Waals surface area contributed by atoms with Crippen molar-refractivity contribution >= 4 is 11.7 Å². The molecule has 0 atom stereocenters. The highest BCUT2D eigenvalue weighted by Gasteiger charge is 2.14. The molecule has 1 aromatic carbocycles. The molecule has 0 unspecified atom stereocenters. The Kier molecular flexibility index (Phi) is 7.01. The summed E-state index contributed by atoms with van der Waals surface area (Å²) in [5.74, 6) is -0.448. The van der Waals surface area contributed by atoms with Crippen LogP contribution in [0.4, 0.5) is 14.9 Å². The van der Waals surface area contributed by atoms with Crippen molar-refractivity contribution in [2.24, 2.45) is 0 Å². The van der Waals surface area contributed by atoms with Crippen LogP contribution in [-0.4, -0.2) is 35.7 Å². The number of hydrogen-bond donors (Lipinski definition) is 2. The van der Waals surface area contributed by atoms with Crippen LogP contribution in [0.5, 0.6) is 0 Å². The molecule has 2 amide bonds. The predicted molar refractivity (Wildman–Crippen MR) is 78.3 cm³/mol. The maximum Gasteiger partial charge on any atom is 0.322 e. The molecular formula is C15H23FN2O2. The van der Waals surface area contributed by atoms with Crippen LogP contribution in [0.15, 0.2) is 18.2 Å². The second kappa shape index (κ2) is 8.53. The molecule has 0 bridgehead atoms. The number of halogens is 1. The lowest BCUT2D eigenvalue weighted by Crippen LogP contribution is -2.38. The van der Waals surface area contributed by atoms with E-state index in [-0.39, 0.29) is 24.9 Å². The first-order valence-electron chi connectivity index (χ1n) is 7.01. The smallest absolute Gasteiger partial charge is 0.322 e. The third kappa shape index (κ3) is 5.17. The van der Waals surface area contributed by atoms with Crippen molar-refractivity contribution in [2.75, 3.05) is 25.0 Å². The van der Waals surface area contributed by atoms with Gasteiger partial charge >= 0.3 is 6.03 Å². The summed E-state index contributed by atoms with van der Waals surface area (Å²) >= 11 is 0. The van der Waals surface area contributed by atoms with E-state index in [0.717, 1.165) is 24.8 Å². The molecule has 0 heterocycles. The molecule has 0 aliphatic carbocycles. The average molecular weight is 282 g/mol. The van der Waals surface area contributed by atoms with Gasteiger partial charge in [-0.05, 0) is 31.0 Å². The zero-order chi connectivity index (χ0) is 15.0. The van der Waals surface area contributed by atoms with Crippen LogP contribution in [0.25, 0.3) is 0 Å². The Morgan fingerprint density at radius 1 is 1.35 bits per heavy atom. The largest absolute Gasteiger partial charge is 0.395 e. The first kappa shape index (κ1) is 16.4. The highest BCUT2D eigenvalue weighted by molar-refractivity contribution is 5.89. The van der Waals surface area contributed by atoms with Gasteiger partial charge in [0.05, 0.1) is 12.3 Å². The van der Waals surface area contributed by atoms with Gasteiger partial charge in [-0.15, -0.1) is 0 Å². The van der Waals surface area contributed by atoms with Crippen molar-refractivity contribution in [3.63, 3.8) is 0 Å². The van der Waals surface area contributed by atoms with Crippen molar-refractivity contribution in [1.29, 1.82) is 0 Å². The number of rotatable bonds is 7. The van der Waals surface area contributed by atoms with Crippen molar-refractivity contribution in [3.05, 3.63) is 29.6 Å². The molecule has 0 saturated heterocycles. The molecule has 0 aliphatic heterocycles. The molecule has 112 valence electrons. The molecule has 0 fully saturated rings. The Labute approximate surface area is 119 Å². The number of carbonyl (C=O) groups is 1. The molecule has 4 nitrogen and oxygen atoms in total. The van der Waals surface area contributed by atoms with Gasteiger partial charge in [-0.1, -0.05) is 25.8 Å². The maximum atomic E-state index is 13.7. The molecule has 20 heavy (non-hydrogen) atoms. The molecule has 2 N–H and O–H groups in total. The Morgan fingerprint density at radius 3 is 2.70 bits per heavy atom. The summed E-state index contributed by atoms with van der Waals surface area (Å²) in [6.07, 6.45) is 2.95. The highest BCUT2D eigenvalue weighted by Crippen LogP contribution is 2.16. The number of benzene rings is 1. The van der Waals surface area contributed by atoms with E-state index in [1.165, 1.54) is 11.0 Å². The molecule has 0 aromatic heterocycles. The lowest BCUT2D eigenvalue weighted by Gasteiger charge is -2.22. The number of nitrogens with zero attached hydrogens (tertiary/aromatic N) is 1. The number of carbonyl (C=O) groups excluding carboxylic acids is 1. The van der Waals surface area contributed by atoms with E-state index in [9.17, 15) is 9.18 Å². The second-order valence-electron chi connectivity index (χ2n) is 4.83. The van der Waals surface area contributed by atoms with Crippen LogP contribution in [0, 0.1) is 12.7 Å². The fourth-order valence-corrected chi connectivity index (χ4v) is 1.90. The lowest BCUT2D eigenvalue weighted by atomic mass is 10.2. The quantitative estimate of drug-likeness (QED) is 0.755. The van der Waals surface area contributed by atoms with Crippen molar-refractivity contribution < 1.29 is 14.3 Å². The van der Waals surface area contributed by atoms with Gasteiger partial charge in [0.2, 0.25) is 0 Å². The van der Waals surface area contributed by atoms with Crippen molar-refractivity contribution in [1.82, 2.24) is 4.90 Å². The van der Waals surface area contributed by atoms with Gasteiger partial charge in [0, 0.05) is 13.1 Å². The van der Waals surface area contributed by atoms with E-state index < -0.39 is 5.82 Å². The van der Waals surface area contributed by atoms with Gasteiger partial charge in [-0.3, -0.25) is 0 Å². The molecule has 0 radical (unpaired) electrons. The van der Waals surface area contributed by atoms with Crippen molar-refractivity contribution in [2.45, 2.75) is 33.1 Å². The summed E-state index contributed by atoms with van der Waals surface area (Å²) in [6, 6.07) is 4.29. The normalized spacial score (nSPS) is 10.4. The Balaban J connectivity index is 2.64. The van der Waals surface area contributed by atoms with Crippen LogP contribution >= 0.6 is 0 Å². The predicted octanol–water partition coefficient (Wildman–Crippen LogP) is 3.15. The van der Waals surface area contributed by atoms with Crippen LogP contribution in [0.1, 0.15) is 31.7 Å². The van der Waals surface area contributed by atoms with Gasteiger partial charge in [0.15, 0.2) is 0 Å². The highest BCUT2D eigenvalue weighted by atomic mass is 19.1. The van der Waals surface area contributed by atoms with Gasteiger partial charge in [-0.2, -0.15) is 0 Å². The molecule has 1 aromatic rings. The average Bonchev–Trinajstić information content (AvgIpc) is 2.41. The van der Waals surface area contributed by atoms with Gasteiger partial charge in [-0.25, -0.2) is 9.18 Å². The van der Waals surface area contributed by atoms with E-state index in [4.69, 9.17) is 5.11 Å². The van der Waals surface area contributed by atoms with E-state index in [1.807, 2.05) is 0 Å². The minimum Gasteiger partial charge on any atom is -0.395 e. The summed E-state index contributed by atoms with van der Waals surface area (Å²) in [6.45, 7) is 4.59. The number of unbranched alkanes of at least 4 members (excludes halogenated alkanes) is 2. The lowest BCUT2D eigenvalue weighted by molar-refractivity contribution is 0.187. The van der Waals surface area contributed by atoms with Crippen LogP contribution in [0.3, 0.4) is 0 Å². The van der Waals surface area contributed by atoms with Gasteiger partial charge < -0.3 is 15.3 Å². The number of anilines is 1. The molecule has 1 rings (SSSR count). The van der Waals surface area contributed by atoms with E-state index in [2.05, 4.69) is 12.2 Å². The maximum absolute atomic E-state index is 13.7. The number of amides is 2. The van der Waals surface area contributed by atoms with Crippen LogP contribution in [-0.2, 0) is 0 Å². The third-order valence-electron chi connectivity index (χ3n) is 3.05. The molecule has 0 spiro atoms. The monoisotopic (exact) mass is 282 g/mol. The zero-order valence-electron chi connectivity index (χ0n) is 12.2. The summed E-state index contributed by atoms with van der Waals surface area (Å²) in [5.41, 5.74) is 0.967. The summed E-state index contributed by atoms with van der Waals surface area (Å²) in [7, 11) is 0. The summed E-state index contributed by atoms with van der Waals surface area (Å²) < 4.78 is 13.7. The molecule has 0 saturated carbocycles. The van der Waals surface area contributed by atoms with Gasteiger partial charge in [0.25, 0.3) is 0 Å². The number of urea groups is 1. The van der Waals surface area contributed by atoms with Crippen molar-refractivity contribution in [3.8, 4) is 0 Å². The first-order chi connectivity index (χ1) is 9.58. The number of hydrogen-bond acceptors (Lipinski definition) is 2. The Morgan fingerprint density at radius 2 is 2.10 bits per heavy atom. The number of nitrogens with one attached hydrogen (secondary N) is 1. The molecular weight excluding hydrogens is 259 g/mol. The van der Waals surface area contributed by atoms with E-state index >= 15 is 0 Å². The second-order valence-corrected chi connectivity index (χ2v) is 4.83. The van der Waals surface area contributed by atoms with E-state index in [1.54, 1.807) is 19.1 Å². The van der Waals surface area contributed by atoms with Gasteiger partial charge in [0.1, 0.15) is 5.82 Å². The minimum absolute atomic E-state index is 0.101. The summed E-state index contributed by atoms with van der Waals surface area (Å²) in [4.78, 5) is 13.6. The number of aryl methyl sites for hydroxylation is 1. The number of aliphatic hydroxyl groups excluding tert-OH is 1. The Hall–Kier alpha value is -1.62. The Bertz CT molecular complexity index is 438. The van der Waals surface area contributed by atoms with Crippen LogP contribution < -0.4 is 5.32 Å². The molecule has 5 heteroatoms.